The van der Waals surface area contributed by atoms with Gasteiger partial charge in [-0.15, -0.1) is 0 Å². The molecule has 0 spiro atoms. The van der Waals surface area contributed by atoms with Gasteiger partial charge in [0.15, 0.2) is 0 Å². The highest BCUT2D eigenvalue weighted by atomic mass is 16.2. The van der Waals surface area contributed by atoms with Crippen molar-refractivity contribution in [3.8, 4) is 0 Å². The van der Waals surface area contributed by atoms with Gasteiger partial charge in [-0.1, -0.05) is 6.07 Å². The minimum absolute atomic E-state index is 0.146. The van der Waals surface area contributed by atoms with Crippen LogP contribution in [0.5, 0.6) is 0 Å². The Morgan fingerprint density at radius 1 is 1.13 bits per heavy atom. The van der Waals surface area contributed by atoms with E-state index in [1.807, 2.05) is 30.3 Å². The zero-order valence-corrected chi connectivity index (χ0v) is 12.9. The van der Waals surface area contributed by atoms with Gasteiger partial charge in [-0.3, -0.25) is 14.6 Å². The molecule has 3 rings (SSSR count). The summed E-state index contributed by atoms with van der Waals surface area (Å²) < 4.78 is 0. The molecule has 0 unspecified atom stereocenters. The van der Waals surface area contributed by atoms with Gasteiger partial charge in [0.1, 0.15) is 0 Å². The van der Waals surface area contributed by atoms with Crippen molar-refractivity contribution < 1.29 is 9.59 Å². The summed E-state index contributed by atoms with van der Waals surface area (Å²) in [4.78, 5) is 30.0. The van der Waals surface area contributed by atoms with Crippen molar-refractivity contribution in [3.05, 3.63) is 59.9 Å². The van der Waals surface area contributed by atoms with Crippen LogP contribution in [-0.4, -0.2) is 23.3 Å². The molecule has 118 valence electrons. The molecule has 0 atom stereocenters. The summed E-state index contributed by atoms with van der Waals surface area (Å²) in [7, 11) is 0. The second-order valence-electron chi connectivity index (χ2n) is 5.55. The van der Waals surface area contributed by atoms with Gasteiger partial charge in [0.2, 0.25) is 5.91 Å². The number of anilines is 1. The number of benzene rings is 1. The molecule has 2 amide bonds. The fourth-order valence-electron chi connectivity index (χ4n) is 2.65. The maximum Gasteiger partial charge on any atom is 0.251 e. The largest absolute Gasteiger partial charge is 0.346 e. The van der Waals surface area contributed by atoms with Crippen LogP contribution < -0.4 is 10.2 Å². The Hall–Kier alpha value is -2.69. The molecular formula is C18H19N3O2. The van der Waals surface area contributed by atoms with Crippen molar-refractivity contribution in [1.82, 2.24) is 10.3 Å². The summed E-state index contributed by atoms with van der Waals surface area (Å²) in [6, 6.07) is 12.8. The van der Waals surface area contributed by atoms with Crippen LogP contribution in [0.3, 0.4) is 0 Å². The van der Waals surface area contributed by atoms with Gasteiger partial charge in [-0.2, -0.15) is 0 Å². The summed E-state index contributed by atoms with van der Waals surface area (Å²) in [5.41, 5.74) is 2.25. The molecule has 1 saturated heterocycles. The van der Waals surface area contributed by atoms with E-state index in [-0.39, 0.29) is 11.8 Å². The average Bonchev–Trinajstić information content (AvgIpc) is 2.61. The molecule has 1 aromatic heterocycles. The molecule has 0 bridgehead atoms. The Morgan fingerprint density at radius 2 is 1.96 bits per heavy atom. The molecule has 0 radical (unpaired) electrons. The van der Waals surface area contributed by atoms with E-state index in [0.717, 1.165) is 30.8 Å². The molecular weight excluding hydrogens is 290 g/mol. The SMILES string of the molecule is O=C(NCc1ccccn1)c1ccc(N2CCCCC2=O)cc1. The summed E-state index contributed by atoms with van der Waals surface area (Å²) >= 11 is 0. The number of amides is 2. The Bertz CT molecular complexity index is 683. The number of piperidine rings is 1. The van der Waals surface area contributed by atoms with Crippen LogP contribution in [0.25, 0.3) is 0 Å². The van der Waals surface area contributed by atoms with Gasteiger partial charge in [0, 0.05) is 30.4 Å². The molecule has 23 heavy (non-hydrogen) atoms. The predicted molar refractivity (Wildman–Crippen MR) is 88.1 cm³/mol. The summed E-state index contributed by atoms with van der Waals surface area (Å²) in [5.74, 6) is 0.00998. The first-order valence-electron chi connectivity index (χ1n) is 7.82. The maximum atomic E-state index is 12.2. The van der Waals surface area contributed by atoms with E-state index in [9.17, 15) is 9.59 Å². The zero-order valence-electron chi connectivity index (χ0n) is 12.9. The maximum absolute atomic E-state index is 12.2. The number of carbonyl (C=O) groups is 2. The number of aromatic nitrogens is 1. The number of carbonyl (C=O) groups excluding carboxylic acids is 2. The third-order valence-corrected chi connectivity index (χ3v) is 3.92. The lowest BCUT2D eigenvalue weighted by molar-refractivity contribution is -0.119. The highest BCUT2D eigenvalue weighted by Gasteiger charge is 2.19. The van der Waals surface area contributed by atoms with Crippen molar-refractivity contribution in [1.29, 1.82) is 0 Å². The lowest BCUT2D eigenvalue weighted by atomic mass is 10.1. The summed E-state index contributed by atoms with van der Waals surface area (Å²) in [5, 5.41) is 2.84. The standard InChI is InChI=1S/C18H19N3O2/c22-17-6-2-4-12-21(17)16-9-7-14(8-10-16)18(23)20-13-15-5-1-3-11-19-15/h1,3,5,7-11H,2,4,6,12-13H2,(H,20,23). The first kappa shape index (κ1) is 15.2. The number of rotatable bonds is 4. The first-order chi connectivity index (χ1) is 11.2. The lowest BCUT2D eigenvalue weighted by Gasteiger charge is -2.26. The van der Waals surface area contributed by atoms with Crippen LogP contribution >= 0.6 is 0 Å². The Balaban J connectivity index is 1.62. The fraction of sp³-hybridized carbons (Fsp3) is 0.278. The van der Waals surface area contributed by atoms with Crippen LogP contribution in [0.2, 0.25) is 0 Å². The number of pyridine rings is 1. The van der Waals surface area contributed by atoms with E-state index in [1.165, 1.54) is 0 Å². The van der Waals surface area contributed by atoms with Crippen molar-refractivity contribution in [3.63, 3.8) is 0 Å². The Labute approximate surface area is 135 Å². The number of nitrogens with zero attached hydrogens (tertiary/aromatic N) is 2. The monoisotopic (exact) mass is 309 g/mol. The van der Waals surface area contributed by atoms with Gasteiger partial charge < -0.3 is 10.2 Å². The molecule has 2 aromatic rings. The molecule has 1 fully saturated rings. The topological polar surface area (TPSA) is 62.3 Å². The van der Waals surface area contributed by atoms with Gasteiger partial charge in [0.25, 0.3) is 5.91 Å². The molecule has 1 N–H and O–H groups in total. The molecule has 0 saturated carbocycles. The van der Waals surface area contributed by atoms with Crippen molar-refractivity contribution >= 4 is 17.5 Å². The Kier molecular flexibility index (Phi) is 4.66. The number of hydrogen-bond donors (Lipinski definition) is 1. The van der Waals surface area contributed by atoms with Gasteiger partial charge in [-0.05, 0) is 49.2 Å². The van der Waals surface area contributed by atoms with Gasteiger partial charge in [-0.25, -0.2) is 0 Å². The molecule has 1 aliphatic heterocycles. The second kappa shape index (κ2) is 7.05. The van der Waals surface area contributed by atoms with Crippen molar-refractivity contribution in [2.45, 2.75) is 25.8 Å². The van der Waals surface area contributed by atoms with Crippen LogP contribution in [0, 0.1) is 0 Å². The smallest absolute Gasteiger partial charge is 0.251 e. The third kappa shape index (κ3) is 3.74. The second-order valence-corrected chi connectivity index (χ2v) is 5.55. The van der Waals surface area contributed by atoms with E-state index in [1.54, 1.807) is 23.2 Å². The average molecular weight is 309 g/mol. The lowest BCUT2D eigenvalue weighted by Crippen LogP contribution is -2.35. The van der Waals surface area contributed by atoms with Crippen molar-refractivity contribution in [2.75, 3.05) is 11.4 Å². The third-order valence-electron chi connectivity index (χ3n) is 3.92. The van der Waals surface area contributed by atoms with Gasteiger partial charge >= 0.3 is 0 Å². The highest BCUT2D eigenvalue weighted by molar-refractivity contribution is 5.96. The minimum Gasteiger partial charge on any atom is -0.346 e. The minimum atomic E-state index is -0.146. The van der Waals surface area contributed by atoms with Crippen LogP contribution in [-0.2, 0) is 11.3 Å². The first-order valence-corrected chi connectivity index (χ1v) is 7.82. The molecule has 5 heteroatoms. The van der Waals surface area contributed by atoms with Crippen molar-refractivity contribution in [2.24, 2.45) is 0 Å². The number of nitrogens with one attached hydrogen (secondary N) is 1. The molecule has 1 aliphatic rings. The van der Waals surface area contributed by atoms with E-state index in [4.69, 9.17) is 0 Å². The molecule has 0 aliphatic carbocycles. The molecule has 5 nitrogen and oxygen atoms in total. The normalized spacial score (nSPS) is 14.6. The van der Waals surface area contributed by atoms with Gasteiger partial charge in [0.05, 0.1) is 12.2 Å². The highest BCUT2D eigenvalue weighted by Crippen LogP contribution is 2.21. The van der Waals surface area contributed by atoms with Crippen LogP contribution in [0.4, 0.5) is 5.69 Å². The fourth-order valence-corrected chi connectivity index (χ4v) is 2.65. The van der Waals surface area contributed by atoms with E-state index >= 15 is 0 Å². The van der Waals surface area contributed by atoms with E-state index in [2.05, 4.69) is 10.3 Å². The van der Waals surface area contributed by atoms with E-state index in [0.29, 0.717) is 18.5 Å². The molecule has 1 aromatic carbocycles. The quantitative estimate of drug-likeness (QED) is 0.944. The summed E-state index contributed by atoms with van der Waals surface area (Å²) in [6.45, 7) is 1.15. The van der Waals surface area contributed by atoms with Crippen LogP contribution in [0.1, 0.15) is 35.3 Å². The predicted octanol–water partition coefficient (Wildman–Crippen LogP) is 2.53. The molecule has 2 heterocycles. The van der Waals surface area contributed by atoms with Crippen LogP contribution in [0.15, 0.2) is 48.7 Å². The number of hydrogen-bond acceptors (Lipinski definition) is 3. The Morgan fingerprint density at radius 3 is 2.65 bits per heavy atom. The zero-order chi connectivity index (χ0) is 16.1. The summed E-state index contributed by atoms with van der Waals surface area (Å²) in [6.07, 6.45) is 4.29. The van der Waals surface area contributed by atoms with E-state index < -0.39 is 0 Å².